The van der Waals surface area contributed by atoms with Crippen molar-refractivity contribution in [2.45, 2.75) is 6.42 Å². The molecule has 0 fully saturated rings. The van der Waals surface area contributed by atoms with Crippen LogP contribution in [-0.4, -0.2) is 37.2 Å². The molecule has 0 aliphatic rings. The molecule has 0 heterocycles. The average Bonchev–Trinajstić information content (AvgIpc) is 2.36. The van der Waals surface area contributed by atoms with E-state index >= 15 is 0 Å². The van der Waals surface area contributed by atoms with Crippen LogP contribution >= 0.6 is 11.6 Å². The Morgan fingerprint density at radius 2 is 2.05 bits per heavy atom. The van der Waals surface area contributed by atoms with Gasteiger partial charge in [-0.2, -0.15) is 0 Å². The fourth-order valence-electron chi connectivity index (χ4n) is 1.44. The van der Waals surface area contributed by atoms with Gasteiger partial charge in [-0.3, -0.25) is 0 Å². The van der Waals surface area contributed by atoms with Crippen LogP contribution in [0.25, 0.3) is 0 Å². The minimum absolute atomic E-state index is 0.0436. The third-order valence-corrected chi connectivity index (χ3v) is 2.58. The number of anilines is 1. The van der Waals surface area contributed by atoms with E-state index < -0.39 is 12.0 Å². The summed E-state index contributed by atoms with van der Waals surface area (Å²) in [5, 5.41) is 17.4. The van der Waals surface area contributed by atoms with Crippen LogP contribution in [0.4, 0.5) is 10.5 Å². The van der Waals surface area contributed by atoms with E-state index in [1.165, 1.54) is 18.2 Å². The number of carbonyl (C=O) groups is 2. The van der Waals surface area contributed by atoms with Crippen molar-refractivity contribution in [3.05, 3.63) is 28.8 Å². The molecule has 7 heteroatoms. The lowest BCUT2D eigenvalue weighted by Gasteiger charge is -2.10. The zero-order valence-electron chi connectivity index (χ0n) is 10.5. The van der Waals surface area contributed by atoms with E-state index in [-0.39, 0.29) is 11.3 Å². The Labute approximate surface area is 116 Å². The molecular weight excluding hydrogens is 270 g/mol. The number of carboxylic acid groups (broad SMARTS) is 1. The summed E-state index contributed by atoms with van der Waals surface area (Å²) in [5.74, 6) is -1.15. The second kappa shape index (κ2) is 7.60. The summed E-state index contributed by atoms with van der Waals surface area (Å²) in [6.07, 6.45) is 0.788. The molecule has 0 aromatic heterocycles. The first-order valence-electron chi connectivity index (χ1n) is 5.77. The molecule has 0 spiro atoms. The van der Waals surface area contributed by atoms with Crippen LogP contribution in [-0.2, 0) is 0 Å². The van der Waals surface area contributed by atoms with E-state index in [4.69, 9.17) is 16.7 Å². The maximum Gasteiger partial charge on any atom is 0.337 e. The number of nitrogens with one attached hydrogen (secondary N) is 3. The van der Waals surface area contributed by atoms with E-state index in [2.05, 4.69) is 16.0 Å². The van der Waals surface area contributed by atoms with E-state index in [0.29, 0.717) is 11.6 Å². The van der Waals surface area contributed by atoms with Gasteiger partial charge in [-0.05, 0) is 38.2 Å². The number of benzene rings is 1. The first-order valence-corrected chi connectivity index (χ1v) is 6.14. The molecule has 0 radical (unpaired) electrons. The highest BCUT2D eigenvalue weighted by Crippen LogP contribution is 2.20. The molecule has 0 saturated carbocycles. The smallest absolute Gasteiger partial charge is 0.337 e. The molecule has 0 bridgehead atoms. The molecule has 4 N–H and O–H groups in total. The standard InChI is InChI=1S/C12H16ClN3O3/c1-14-5-2-6-15-12(19)16-10-4-3-8(13)7-9(10)11(17)18/h3-4,7,14H,2,5-6H2,1H3,(H,17,18)(H2,15,16,19). The lowest BCUT2D eigenvalue weighted by Crippen LogP contribution is -2.31. The van der Waals surface area contributed by atoms with Crippen molar-refractivity contribution in [2.75, 3.05) is 25.5 Å². The van der Waals surface area contributed by atoms with E-state index in [0.717, 1.165) is 13.0 Å². The van der Waals surface area contributed by atoms with Crippen molar-refractivity contribution in [3.8, 4) is 0 Å². The highest BCUT2D eigenvalue weighted by atomic mass is 35.5. The lowest BCUT2D eigenvalue weighted by atomic mass is 10.2. The normalized spacial score (nSPS) is 10.0. The Morgan fingerprint density at radius 1 is 1.32 bits per heavy atom. The summed E-state index contributed by atoms with van der Waals surface area (Å²) >= 11 is 5.72. The second-order valence-electron chi connectivity index (χ2n) is 3.83. The van der Waals surface area contributed by atoms with Gasteiger partial charge >= 0.3 is 12.0 Å². The van der Waals surface area contributed by atoms with Crippen LogP contribution in [0.2, 0.25) is 5.02 Å². The van der Waals surface area contributed by atoms with Gasteiger partial charge in [-0.1, -0.05) is 11.6 Å². The summed E-state index contributed by atoms with van der Waals surface area (Å²) in [4.78, 5) is 22.6. The molecule has 6 nitrogen and oxygen atoms in total. The molecule has 2 amide bonds. The third-order valence-electron chi connectivity index (χ3n) is 2.35. The van der Waals surface area contributed by atoms with E-state index in [1.54, 1.807) is 0 Å². The van der Waals surface area contributed by atoms with E-state index in [1.807, 2.05) is 7.05 Å². The summed E-state index contributed by atoms with van der Waals surface area (Å²) in [7, 11) is 1.83. The Kier molecular flexibility index (Phi) is 6.11. The number of carbonyl (C=O) groups excluding carboxylic acids is 1. The largest absolute Gasteiger partial charge is 0.478 e. The Bertz CT molecular complexity index is 466. The number of carboxylic acids is 1. The van der Waals surface area contributed by atoms with Crippen molar-refractivity contribution in [3.63, 3.8) is 0 Å². The fourth-order valence-corrected chi connectivity index (χ4v) is 1.61. The van der Waals surface area contributed by atoms with Gasteiger partial charge in [0.2, 0.25) is 0 Å². The Balaban J connectivity index is 2.61. The first kappa shape index (κ1) is 15.3. The minimum atomic E-state index is -1.15. The van der Waals surface area contributed by atoms with Crippen LogP contribution in [0.15, 0.2) is 18.2 Å². The summed E-state index contributed by atoms with van der Waals surface area (Å²) in [6.45, 7) is 1.30. The van der Waals surface area contributed by atoms with Gasteiger partial charge in [0.25, 0.3) is 0 Å². The predicted octanol–water partition coefficient (Wildman–Crippen LogP) is 1.77. The number of hydrogen-bond donors (Lipinski definition) is 4. The van der Waals surface area contributed by atoms with Gasteiger partial charge < -0.3 is 21.1 Å². The molecule has 19 heavy (non-hydrogen) atoms. The first-order chi connectivity index (χ1) is 9.04. The molecule has 0 atom stereocenters. The number of halogens is 1. The van der Waals surface area contributed by atoms with Crippen LogP contribution in [0.5, 0.6) is 0 Å². The molecule has 0 aliphatic carbocycles. The van der Waals surface area contributed by atoms with Gasteiger partial charge in [0, 0.05) is 11.6 Å². The third kappa shape index (κ3) is 5.15. The van der Waals surface area contributed by atoms with Crippen molar-refractivity contribution in [1.29, 1.82) is 0 Å². The second-order valence-corrected chi connectivity index (χ2v) is 4.27. The number of rotatable bonds is 6. The SMILES string of the molecule is CNCCCNC(=O)Nc1ccc(Cl)cc1C(=O)O. The zero-order chi connectivity index (χ0) is 14.3. The monoisotopic (exact) mass is 285 g/mol. The maximum absolute atomic E-state index is 11.6. The lowest BCUT2D eigenvalue weighted by molar-refractivity contribution is 0.0698. The molecule has 0 saturated heterocycles. The maximum atomic E-state index is 11.6. The summed E-state index contributed by atoms with van der Waals surface area (Å²) < 4.78 is 0. The van der Waals surface area contributed by atoms with Crippen molar-refractivity contribution < 1.29 is 14.7 Å². The van der Waals surface area contributed by atoms with Crippen LogP contribution in [0, 0.1) is 0 Å². The molecule has 1 aromatic carbocycles. The Morgan fingerprint density at radius 3 is 2.68 bits per heavy atom. The highest BCUT2D eigenvalue weighted by molar-refractivity contribution is 6.31. The van der Waals surface area contributed by atoms with Crippen LogP contribution < -0.4 is 16.0 Å². The van der Waals surface area contributed by atoms with Crippen molar-refractivity contribution >= 4 is 29.3 Å². The molecular formula is C12H16ClN3O3. The van der Waals surface area contributed by atoms with Crippen molar-refractivity contribution in [2.24, 2.45) is 0 Å². The predicted molar refractivity (Wildman–Crippen MR) is 74.0 cm³/mol. The van der Waals surface area contributed by atoms with Crippen LogP contribution in [0.3, 0.4) is 0 Å². The van der Waals surface area contributed by atoms with Crippen molar-refractivity contribution in [1.82, 2.24) is 10.6 Å². The number of urea groups is 1. The molecule has 104 valence electrons. The molecule has 0 unspecified atom stereocenters. The zero-order valence-corrected chi connectivity index (χ0v) is 11.3. The number of aromatic carboxylic acids is 1. The van der Waals surface area contributed by atoms with Gasteiger partial charge in [-0.15, -0.1) is 0 Å². The van der Waals surface area contributed by atoms with Gasteiger partial charge in [0.1, 0.15) is 0 Å². The number of amides is 2. The topological polar surface area (TPSA) is 90.5 Å². The Hall–Kier alpha value is -1.79. The van der Waals surface area contributed by atoms with Gasteiger partial charge in [0.05, 0.1) is 11.3 Å². The quantitative estimate of drug-likeness (QED) is 0.600. The summed E-state index contributed by atoms with van der Waals surface area (Å²) in [5.41, 5.74) is 0.167. The number of hydrogen-bond acceptors (Lipinski definition) is 3. The molecule has 1 rings (SSSR count). The average molecular weight is 286 g/mol. The highest BCUT2D eigenvalue weighted by Gasteiger charge is 2.12. The molecule has 1 aromatic rings. The van der Waals surface area contributed by atoms with Gasteiger partial charge in [0.15, 0.2) is 0 Å². The van der Waals surface area contributed by atoms with E-state index in [9.17, 15) is 9.59 Å². The minimum Gasteiger partial charge on any atom is -0.478 e. The van der Waals surface area contributed by atoms with Gasteiger partial charge in [-0.25, -0.2) is 9.59 Å². The summed E-state index contributed by atoms with van der Waals surface area (Å²) in [6, 6.07) is 3.82. The fraction of sp³-hybridized carbons (Fsp3) is 0.333. The van der Waals surface area contributed by atoms with Crippen LogP contribution in [0.1, 0.15) is 16.8 Å². The molecule has 0 aliphatic heterocycles.